The van der Waals surface area contributed by atoms with E-state index < -0.39 is 16.4 Å². The van der Waals surface area contributed by atoms with Crippen molar-refractivity contribution in [1.29, 1.82) is 0 Å². The van der Waals surface area contributed by atoms with E-state index in [4.69, 9.17) is 34.9 Å². The normalized spacial score (nSPS) is 14.9. The van der Waals surface area contributed by atoms with Gasteiger partial charge in [0.15, 0.2) is 5.54 Å². The topological polar surface area (TPSA) is 99.0 Å². The van der Waals surface area contributed by atoms with Crippen LogP contribution in [0.2, 0.25) is 0 Å². The van der Waals surface area contributed by atoms with Gasteiger partial charge in [-0.3, -0.25) is 34.9 Å². The van der Waals surface area contributed by atoms with E-state index in [-0.39, 0.29) is 21.1 Å². The fourth-order valence-electron chi connectivity index (χ4n) is 10.9. The second-order valence-electron chi connectivity index (χ2n) is 16.7. The van der Waals surface area contributed by atoms with Crippen LogP contribution in [0.5, 0.6) is 0 Å². The smallest absolute Gasteiger partial charge is 0.204 e. The van der Waals surface area contributed by atoms with Gasteiger partial charge in [-0.15, -0.1) is 22.3 Å². The number of hydrogen-bond donors (Lipinski definition) is 0. The van der Waals surface area contributed by atoms with Crippen molar-refractivity contribution < 1.29 is 25.6 Å². The molecule has 0 saturated heterocycles. The van der Waals surface area contributed by atoms with Crippen LogP contribution < -0.4 is 4.57 Å². The van der Waals surface area contributed by atoms with E-state index in [0.717, 1.165) is 101 Å². The summed E-state index contributed by atoms with van der Waals surface area (Å²) in [4.78, 5) is 36.3. The molecule has 10 aromatic rings. The van der Waals surface area contributed by atoms with E-state index in [1.54, 1.807) is 0 Å². The Kier molecular flexibility index (Phi) is 8.68. The third kappa shape index (κ3) is 5.07. The van der Waals surface area contributed by atoms with Gasteiger partial charge in [-0.05, 0) is 73.4 Å². The van der Waals surface area contributed by atoms with Crippen molar-refractivity contribution in [3.8, 4) is 33.4 Å². The predicted molar refractivity (Wildman–Crippen MR) is 240 cm³/mol. The number of fused-ring (bicyclic) bond motifs is 9. The van der Waals surface area contributed by atoms with Gasteiger partial charge in [0.2, 0.25) is 6.33 Å². The van der Waals surface area contributed by atoms with E-state index in [2.05, 4.69) is 109 Å². The van der Waals surface area contributed by atoms with Gasteiger partial charge in [-0.25, -0.2) is 0 Å². The molecule has 0 unspecified atom stereocenters. The number of hydrogen-bond acceptors (Lipinski definition) is 7. The minimum absolute atomic E-state index is 0. The first-order valence-corrected chi connectivity index (χ1v) is 21.3. The summed E-state index contributed by atoms with van der Waals surface area (Å²) in [6.07, 6.45) is 20.6. The molecule has 9 nitrogen and oxygen atoms in total. The number of aryl methyl sites for hydroxylation is 2. The van der Waals surface area contributed by atoms with Gasteiger partial charge >= 0.3 is 0 Å². The van der Waals surface area contributed by atoms with Crippen LogP contribution >= 0.6 is 0 Å². The van der Waals surface area contributed by atoms with E-state index in [0.29, 0.717) is 0 Å². The standard InChI is InChI=1S/C55H35N9.Pt/c1-35-21-28-56-46(31-35)54(49-42(17-7-24-59-49)43-18-8-25-60-50(43)54)38-13-3-11-36(32-38)53(47-40(15-5-22-57-47)41-16-6-23-58-48(41)53)37-12-4-14-39(33-37)55(64-30-29-63(2)34-64)51-44(19-9-26-61-51)45-20-10-27-62-52(45)55;/h3-31H,1-2H3;/q-2;. The van der Waals surface area contributed by atoms with Crippen LogP contribution in [0.3, 0.4) is 0 Å². The van der Waals surface area contributed by atoms with Crippen molar-refractivity contribution in [2.24, 2.45) is 7.05 Å². The number of imidazole rings is 1. The molecule has 0 spiro atoms. The molecule has 10 heteroatoms. The van der Waals surface area contributed by atoms with Gasteiger partial charge in [-0.2, -0.15) is 48.5 Å². The molecule has 0 saturated carbocycles. The molecule has 0 radical (unpaired) electrons. The Bertz CT molecular complexity index is 3410. The molecule has 0 amide bonds. The molecule has 3 aliphatic carbocycles. The molecule has 0 atom stereocenters. The molecule has 0 aliphatic heterocycles. The average molecular weight is 1020 g/mol. The molecule has 0 fully saturated rings. The molecule has 2 aromatic carbocycles. The Balaban J connectivity index is 0.00000444. The SMILES string of the molecule is Cc1ccnc(C2(c3[c-]c(C4(c5[c-]c(C6(n7[c-][n+](C)cc7)c7ncccc7-c7cccnc76)ccc5)c5ncccc5-c5cccnc54)ccc3)c3ncccc3-c3cccnc32)c1.[Pt]. The van der Waals surface area contributed by atoms with E-state index in [1.165, 1.54) is 0 Å². The van der Waals surface area contributed by atoms with Crippen LogP contribution in [-0.2, 0) is 44.5 Å². The summed E-state index contributed by atoms with van der Waals surface area (Å²) in [5.41, 5.74) is 13.3. The average Bonchev–Trinajstić information content (AvgIpc) is 4.09. The van der Waals surface area contributed by atoms with Crippen molar-refractivity contribution >= 4 is 0 Å². The van der Waals surface area contributed by atoms with Crippen LogP contribution in [-0.4, -0.2) is 39.5 Å². The summed E-state index contributed by atoms with van der Waals surface area (Å²) in [7, 11) is 1.98. The third-order valence-corrected chi connectivity index (χ3v) is 13.4. The van der Waals surface area contributed by atoms with Crippen LogP contribution in [0, 0.1) is 25.4 Å². The number of nitrogens with zero attached hydrogens (tertiary/aromatic N) is 9. The maximum Gasteiger partial charge on any atom is 0.204 e. The summed E-state index contributed by atoms with van der Waals surface area (Å²) in [5.74, 6) is 0. The molecule has 3 aliphatic rings. The quantitative estimate of drug-likeness (QED) is 0.122. The predicted octanol–water partition coefficient (Wildman–Crippen LogP) is 8.33. The first-order chi connectivity index (χ1) is 31.5. The summed E-state index contributed by atoms with van der Waals surface area (Å²) in [6.45, 7) is 2.10. The summed E-state index contributed by atoms with van der Waals surface area (Å²) in [6, 6.07) is 49.9. The first kappa shape index (κ1) is 39.0. The zero-order valence-corrected chi connectivity index (χ0v) is 37.4. The molecule has 0 N–H and O–H groups in total. The van der Waals surface area contributed by atoms with E-state index >= 15 is 0 Å². The third-order valence-electron chi connectivity index (χ3n) is 13.4. The summed E-state index contributed by atoms with van der Waals surface area (Å²) >= 11 is 0. The maximum atomic E-state index is 5.29. The molecule has 65 heavy (non-hydrogen) atoms. The van der Waals surface area contributed by atoms with E-state index in [9.17, 15) is 0 Å². The molecular formula is C55H35N9Pt-2. The summed E-state index contributed by atoms with van der Waals surface area (Å²) < 4.78 is 4.02. The Morgan fingerprint density at radius 3 is 1.29 bits per heavy atom. The maximum absolute atomic E-state index is 5.29. The zero-order valence-electron chi connectivity index (χ0n) is 35.1. The second-order valence-corrected chi connectivity index (χ2v) is 16.7. The first-order valence-electron chi connectivity index (χ1n) is 21.3. The summed E-state index contributed by atoms with van der Waals surface area (Å²) in [5, 5.41) is 0. The molecule has 0 bridgehead atoms. The Labute approximate surface area is 390 Å². The minimum atomic E-state index is -1.09. The zero-order chi connectivity index (χ0) is 42.6. The van der Waals surface area contributed by atoms with Crippen LogP contribution in [0.15, 0.2) is 177 Å². The van der Waals surface area contributed by atoms with Crippen molar-refractivity contribution in [1.82, 2.24) is 39.5 Å². The molecule has 8 aromatic heterocycles. The van der Waals surface area contributed by atoms with Crippen molar-refractivity contribution in [3.05, 3.63) is 263 Å². The van der Waals surface area contributed by atoms with Gasteiger partial charge in [0, 0.05) is 97.8 Å². The van der Waals surface area contributed by atoms with Gasteiger partial charge in [-0.1, -0.05) is 36.4 Å². The molecular weight excluding hydrogens is 982 g/mol. The van der Waals surface area contributed by atoms with Crippen LogP contribution in [0.4, 0.5) is 0 Å². The fraction of sp³-hybridized carbons (Fsp3) is 0.0909. The number of rotatable bonds is 6. The number of benzene rings is 2. The minimum Gasteiger partial charge on any atom is -0.354 e. The molecule has 8 heterocycles. The van der Waals surface area contributed by atoms with Crippen LogP contribution in [0.1, 0.15) is 67.7 Å². The Morgan fingerprint density at radius 1 is 0.446 bits per heavy atom. The van der Waals surface area contributed by atoms with Gasteiger partial charge in [0.1, 0.15) is 16.8 Å². The molecule has 13 rings (SSSR count). The second kappa shape index (κ2) is 14.5. The monoisotopic (exact) mass is 1020 g/mol. The van der Waals surface area contributed by atoms with Gasteiger partial charge < -0.3 is 9.13 Å². The van der Waals surface area contributed by atoms with Crippen LogP contribution in [0.25, 0.3) is 33.4 Å². The van der Waals surface area contributed by atoms with E-state index in [1.807, 2.05) is 110 Å². The number of pyridine rings is 7. The van der Waals surface area contributed by atoms with Gasteiger partial charge in [0.05, 0.1) is 40.9 Å². The number of aromatic nitrogens is 9. The fourth-order valence-corrected chi connectivity index (χ4v) is 10.9. The van der Waals surface area contributed by atoms with Crippen molar-refractivity contribution in [3.63, 3.8) is 0 Å². The largest absolute Gasteiger partial charge is 0.354 e. The van der Waals surface area contributed by atoms with Crippen molar-refractivity contribution in [2.75, 3.05) is 0 Å². The molecule has 312 valence electrons. The Morgan fingerprint density at radius 2 is 0.846 bits per heavy atom. The van der Waals surface area contributed by atoms with Crippen molar-refractivity contribution in [2.45, 2.75) is 23.3 Å². The Hall–Kier alpha value is -7.61. The van der Waals surface area contributed by atoms with Gasteiger partial charge in [0.25, 0.3) is 0 Å².